The quantitative estimate of drug-likeness (QED) is 0.570. The van der Waals surface area contributed by atoms with E-state index in [1.54, 1.807) is 0 Å². The van der Waals surface area contributed by atoms with Gasteiger partial charge in [-0.05, 0) is 25.1 Å². The van der Waals surface area contributed by atoms with Crippen molar-refractivity contribution in [2.24, 2.45) is 7.05 Å². The molecule has 90 valence electrons. The van der Waals surface area contributed by atoms with Gasteiger partial charge in [0.15, 0.2) is 11.0 Å². The first kappa shape index (κ1) is 10.9. The Morgan fingerprint density at radius 1 is 0.944 bits per heavy atom. The molecule has 0 aliphatic rings. The van der Waals surface area contributed by atoms with Crippen molar-refractivity contribution in [3.8, 4) is 5.69 Å². The van der Waals surface area contributed by atoms with Gasteiger partial charge in [0.2, 0.25) is 0 Å². The number of hydrogen-bond donors (Lipinski definition) is 0. The first-order valence-corrected chi connectivity index (χ1v) is 6.07. The summed E-state index contributed by atoms with van der Waals surface area (Å²) in [6.07, 6.45) is 0. The first-order valence-electron chi connectivity index (χ1n) is 6.07. The van der Waals surface area contributed by atoms with Gasteiger partial charge in [-0.15, -0.1) is 0 Å². The molecular weight excluding hydrogens is 220 g/mol. The van der Waals surface area contributed by atoms with Gasteiger partial charge in [0, 0.05) is 36.6 Å². The van der Waals surface area contributed by atoms with Crippen molar-refractivity contribution in [2.45, 2.75) is 6.92 Å². The zero-order valence-corrected chi connectivity index (χ0v) is 10.7. The smallest absolute Gasteiger partial charge is 0.188 e. The summed E-state index contributed by atoms with van der Waals surface area (Å²) >= 11 is 0. The van der Waals surface area contributed by atoms with Gasteiger partial charge >= 0.3 is 0 Å². The lowest BCUT2D eigenvalue weighted by Crippen LogP contribution is -2.01. The molecule has 1 aromatic heterocycles. The molecule has 0 bridgehead atoms. The third-order valence-electron chi connectivity index (χ3n) is 3.49. The van der Waals surface area contributed by atoms with Crippen molar-refractivity contribution >= 4 is 11.0 Å². The average Bonchev–Trinajstić information content (AvgIpc) is 2.64. The molecule has 0 unspecified atom stereocenters. The summed E-state index contributed by atoms with van der Waals surface area (Å²) in [6.45, 7) is 6.33. The highest BCUT2D eigenvalue weighted by atomic mass is 15.2. The molecule has 2 nitrogen and oxygen atoms in total. The van der Waals surface area contributed by atoms with E-state index in [0.717, 1.165) is 5.82 Å². The molecule has 0 aliphatic carbocycles. The van der Waals surface area contributed by atoms with Crippen LogP contribution in [0.1, 0.15) is 11.4 Å². The van der Waals surface area contributed by atoms with Gasteiger partial charge < -0.3 is 0 Å². The highest BCUT2D eigenvalue weighted by Crippen LogP contribution is 2.25. The van der Waals surface area contributed by atoms with Crippen LogP contribution < -0.4 is 0 Å². The van der Waals surface area contributed by atoms with Crippen LogP contribution in [0.3, 0.4) is 0 Å². The Hall–Kier alpha value is -2.22. The van der Waals surface area contributed by atoms with Crippen LogP contribution in [0.5, 0.6) is 0 Å². The second kappa shape index (κ2) is 3.91. The van der Waals surface area contributed by atoms with E-state index in [0.29, 0.717) is 0 Å². The number of aromatic nitrogens is 2. The van der Waals surface area contributed by atoms with Crippen molar-refractivity contribution in [1.82, 2.24) is 9.13 Å². The molecule has 3 rings (SSSR count). The maximum atomic E-state index is 4.20. The second-order valence-corrected chi connectivity index (χ2v) is 4.59. The number of rotatable bonds is 1. The van der Waals surface area contributed by atoms with Gasteiger partial charge in [0.05, 0.1) is 0 Å². The average molecular weight is 236 g/mol. The van der Waals surface area contributed by atoms with Gasteiger partial charge in [-0.2, -0.15) is 0 Å². The second-order valence-electron chi connectivity index (χ2n) is 4.59. The third kappa shape index (κ3) is 1.42. The summed E-state index contributed by atoms with van der Waals surface area (Å²) in [5.74, 6) is 0.991. The largest absolute Gasteiger partial charge is 0.294 e. The number of imidazole rings is 1. The standard InChI is InChI=1S/C16H16N2/c1-12-8-4-5-9-14(12)18-13(2)17(3)15-10-6-7-11-16(15)18/h4-11H,2H2,1,3H3. The van der Waals surface area contributed by atoms with Crippen LogP contribution in [-0.2, 0) is 7.05 Å². The summed E-state index contributed by atoms with van der Waals surface area (Å²) in [5.41, 5.74) is 4.84. The Bertz CT molecular complexity index is 723. The Morgan fingerprint density at radius 3 is 2.28 bits per heavy atom. The molecule has 0 saturated heterocycles. The van der Waals surface area contributed by atoms with Gasteiger partial charge in [-0.25, -0.2) is 4.57 Å². The third-order valence-corrected chi connectivity index (χ3v) is 3.49. The molecule has 0 aliphatic heterocycles. The molecule has 0 fully saturated rings. The molecule has 3 aromatic rings. The number of fused-ring (bicyclic) bond motifs is 1. The van der Waals surface area contributed by atoms with Crippen LogP contribution in [0.4, 0.5) is 0 Å². The minimum Gasteiger partial charge on any atom is -0.294 e. The fourth-order valence-electron chi connectivity index (χ4n) is 2.45. The van der Waals surface area contributed by atoms with Crippen LogP contribution in [0.2, 0.25) is 0 Å². The summed E-state index contributed by atoms with van der Waals surface area (Å²) < 4.78 is 4.34. The maximum Gasteiger partial charge on any atom is 0.188 e. The van der Waals surface area contributed by atoms with Crippen LogP contribution >= 0.6 is 0 Å². The molecule has 0 atom stereocenters. The lowest BCUT2D eigenvalue weighted by atomic mass is 10.2. The zero-order chi connectivity index (χ0) is 12.7. The van der Waals surface area contributed by atoms with Crippen molar-refractivity contribution in [3.63, 3.8) is 0 Å². The first-order chi connectivity index (χ1) is 8.70. The SMILES string of the molecule is [CH2-][c+]1n(C)c2ccccc2n1-c1ccccc1C. The van der Waals surface area contributed by atoms with Gasteiger partial charge in [-0.1, -0.05) is 12.1 Å². The van der Waals surface area contributed by atoms with Crippen LogP contribution in [0, 0.1) is 13.8 Å². The molecule has 0 saturated carbocycles. The van der Waals surface area contributed by atoms with E-state index < -0.39 is 0 Å². The zero-order valence-electron chi connectivity index (χ0n) is 10.7. The van der Waals surface area contributed by atoms with Gasteiger partial charge in [0.25, 0.3) is 0 Å². The Kier molecular flexibility index (Phi) is 2.37. The molecule has 2 heteroatoms. The van der Waals surface area contributed by atoms with Crippen molar-refractivity contribution in [1.29, 1.82) is 0 Å². The van der Waals surface area contributed by atoms with E-state index in [4.69, 9.17) is 0 Å². The highest BCUT2D eigenvalue weighted by Gasteiger charge is 2.17. The topological polar surface area (TPSA) is 9.86 Å². The van der Waals surface area contributed by atoms with Gasteiger partial charge in [-0.3, -0.25) is 11.5 Å². The monoisotopic (exact) mass is 236 g/mol. The van der Waals surface area contributed by atoms with Crippen molar-refractivity contribution in [3.05, 3.63) is 66.8 Å². The summed E-state index contributed by atoms with van der Waals surface area (Å²) in [4.78, 5) is 0. The Morgan fingerprint density at radius 2 is 1.56 bits per heavy atom. The maximum absolute atomic E-state index is 4.20. The number of nitrogens with zero attached hydrogens (tertiary/aromatic N) is 2. The summed E-state index contributed by atoms with van der Waals surface area (Å²) in [7, 11) is 2.06. The van der Waals surface area contributed by atoms with Crippen LogP contribution in [0.25, 0.3) is 16.7 Å². The lowest BCUT2D eigenvalue weighted by Gasteiger charge is -2.06. The van der Waals surface area contributed by atoms with E-state index in [9.17, 15) is 0 Å². The molecule has 1 heterocycles. The molecular formula is C16H16N2. The fraction of sp³-hybridized carbons (Fsp3) is 0.125. The molecule has 2 aromatic carbocycles. The summed E-state index contributed by atoms with van der Waals surface area (Å²) in [6, 6.07) is 16.8. The van der Waals surface area contributed by atoms with E-state index >= 15 is 0 Å². The van der Waals surface area contributed by atoms with Crippen molar-refractivity contribution in [2.75, 3.05) is 0 Å². The highest BCUT2D eigenvalue weighted by molar-refractivity contribution is 5.79. The predicted octanol–water partition coefficient (Wildman–Crippen LogP) is 3.74. The van der Waals surface area contributed by atoms with E-state index in [-0.39, 0.29) is 0 Å². The minimum atomic E-state index is 0.991. The molecule has 18 heavy (non-hydrogen) atoms. The van der Waals surface area contributed by atoms with E-state index in [1.165, 1.54) is 22.3 Å². The summed E-state index contributed by atoms with van der Waals surface area (Å²) in [5, 5.41) is 0. The Labute approximate surface area is 107 Å². The predicted molar refractivity (Wildman–Crippen MR) is 75.8 cm³/mol. The van der Waals surface area contributed by atoms with Crippen LogP contribution in [0.15, 0.2) is 48.5 Å². The lowest BCUT2D eigenvalue weighted by molar-refractivity contribution is 0.872. The van der Waals surface area contributed by atoms with Crippen molar-refractivity contribution < 1.29 is 0 Å². The van der Waals surface area contributed by atoms with E-state index in [2.05, 4.69) is 78.6 Å². The molecule has 0 radical (unpaired) electrons. The number of hydrogen-bond acceptors (Lipinski definition) is 0. The van der Waals surface area contributed by atoms with Gasteiger partial charge in [0.1, 0.15) is 5.69 Å². The molecule has 0 spiro atoms. The fourth-order valence-corrected chi connectivity index (χ4v) is 2.45. The Balaban J connectivity index is 2.43. The number of para-hydroxylation sites is 3. The van der Waals surface area contributed by atoms with Crippen LogP contribution in [-0.4, -0.2) is 9.13 Å². The number of benzene rings is 2. The normalized spacial score (nSPS) is 11.0. The molecule has 0 amide bonds. The molecule has 0 N–H and O–H groups in total. The van der Waals surface area contributed by atoms with E-state index in [1.807, 2.05) is 0 Å². The number of aryl methyl sites for hydroxylation is 2. The minimum absolute atomic E-state index is 0.991.